The van der Waals surface area contributed by atoms with Gasteiger partial charge in [-0.25, -0.2) is 9.97 Å². The summed E-state index contributed by atoms with van der Waals surface area (Å²) in [5, 5.41) is 2.94. The smallest absolute Gasteiger partial charge is 0.253 e. The summed E-state index contributed by atoms with van der Waals surface area (Å²) in [5.41, 5.74) is 2.56. The van der Waals surface area contributed by atoms with Gasteiger partial charge < -0.3 is 14.3 Å². The highest BCUT2D eigenvalue weighted by Gasteiger charge is 2.15. The van der Waals surface area contributed by atoms with Gasteiger partial charge in [0.25, 0.3) is 5.91 Å². The minimum absolute atomic E-state index is 0.165. The summed E-state index contributed by atoms with van der Waals surface area (Å²) in [6.07, 6.45) is 3.64. The molecule has 6 nitrogen and oxygen atoms in total. The third kappa shape index (κ3) is 3.09. The molecular formula is C20H18N4O2. The lowest BCUT2D eigenvalue weighted by molar-refractivity contribution is 0.0953. The van der Waals surface area contributed by atoms with E-state index in [0.717, 1.165) is 11.4 Å². The minimum atomic E-state index is -0.165. The molecule has 0 saturated heterocycles. The van der Waals surface area contributed by atoms with Crippen LogP contribution in [0.15, 0.2) is 65.3 Å². The van der Waals surface area contributed by atoms with Crippen molar-refractivity contribution in [2.45, 2.75) is 13.5 Å². The molecule has 0 unspecified atom stereocenters. The van der Waals surface area contributed by atoms with Crippen molar-refractivity contribution in [1.82, 2.24) is 19.9 Å². The largest absolute Gasteiger partial charge is 0.436 e. The number of carbonyl (C=O) groups excluding carboxylic acids is 1. The molecule has 0 fully saturated rings. The van der Waals surface area contributed by atoms with Crippen LogP contribution >= 0.6 is 0 Å². The number of aromatic nitrogens is 3. The predicted molar refractivity (Wildman–Crippen MR) is 98.7 cm³/mol. The van der Waals surface area contributed by atoms with Gasteiger partial charge in [0.15, 0.2) is 5.58 Å². The van der Waals surface area contributed by atoms with Gasteiger partial charge in [-0.1, -0.05) is 24.3 Å². The van der Waals surface area contributed by atoms with Crippen LogP contribution in [0.1, 0.15) is 16.2 Å². The number of carbonyl (C=O) groups is 1. The van der Waals surface area contributed by atoms with Gasteiger partial charge in [-0.3, -0.25) is 4.79 Å². The van der Waals surface area contributed by atoms with Crippen LogP contribution in [0.4, 0.5) is 0 Å². The molecule has 1 amide bonds. The summed E-state index contributed by atoms with van der Waals surface area (Å²) < 4.78 is 7.81. The minimum Gasteiger partial charge on any atom is -0.436 e. The molecule has 0 radical (unpaired) electrons. The second kappa shape index (κ2) is 6.84. The van der Waals surface area contributed by atoms with E-state index in [4.69, 9.17) is 4.42 Å². The zero-order chi connectivity index (χ0) is 17.9. The van der Waals surface area contributed by atoms with E-state index in [0.29, 0.717) is 35.6 Å². The van der Waals surface area contributed by atoms with Gasteiger partial charge in [-0.2, -0.15) is 0 Å². The third-order valence-electron chi connectivity index (χ3n) is 4.25. The molecule has 0 spiro atoms. The van der Waals surface area contributed by atoms with E-state index in [1.807, 2.05) is 54.1 Å². The van der Waals surface area contributed by atoms with Gasteiger partial charge in [0, 0.05) is 31.0 Å². The molecule has 0 aliphatic rings. The summed E-state index contributed by atoms with van der Waals surface area (Å²) in [6, 6.07) is 15.0. The Hall–Kier alpha value is -3.41. The molecule has 26 heavy (non-hydrogen) atoms. The summed E-state index contributed by atoms with van der Waals surface area (Å²) in [6.45, 7) is 3.11. The Morgan fingerprint density at radius 1 is 1.15 bits per heavy atom. The first-order valence-electron chi connectivity index (χ1n) is 8.43. The average Bonchev–Trinajstić information content (AvgIpc) is 3.28. The number of imidazole rings is 1. The van der Waals surface area contributed by atoms with Crippen LogP contribution in [0.5, 0.6) is 0 Å². The lowest BCUT2D eigenvalue weighted by Gasteiger charge is -2.07. The number of para-hydroxylation sites is 1. The predicted octanol–water partition coefficient (Wildman–Crippen LogP) is 3.43. The quantitative estimate of drug-likeness (QED) is 0.601. The molecule has 130 valence electrons. The van der Waals surface area contributed by atoms with E-state index in [2.05, 4.69) is 15.3 Å². The van der Waals surface area contributed by atoms with Crippen LogP contribution in [0.3, 0.4) is 0 Å². The zero-order valence-corrected chi connectivity index (χ0v) is 14.3. The van der Waals surface area contributed by atoms with Crippen molar-refractivity contribution in [3.63, 3.8) is 0 Å². The van der Waals surface area contributed by atoms with Crippen LogP contribution < -0.4 is 5.32 Å². The maximum atomic E-state index is 12.6. The highest BCUT2D eigenvalue weighted by Crippen LogP contribution is 2.26. The number of hydrogen-bond donors (Lipinski definition) is 1. The van der Waals surface area contributed by atoms with Gasteiger partial charge in [-0.05, 0) is 31.2 Å². The number of nitrogens with one attached hydrogen (secondary N) is 1. The third-order valence-corrected chi connectivity index (χ3v) is 4.25. The number of hydrogen-bond acceptors (Lipinski definition) is 4. The monoisotopic (exact) mass is 346 g/mol. The molecule has 0 saturated carbocycles. The van der Waals surface area contributed by atoms with Crippen molar-refractivity contribution < 1.29 is 9.21 Å². The van der Waals surface area contributed by atoms with Gasteiger partial charge in [0.05, 0.1) is 5.56 Å². The topological polar surface area (TPSA) is 73.0 Å². The molecule has 0 atom stereocenters. The highest BCUT2D eigenvalue weighted by atomic mass is 16.3. The molecule has 2 aromatic carbocycles. The van der Waals surface area contributed by atoms with Crippen molar-refractivity contribution >= 4 is 17.0 Å². The second-order valence-corrected chi connectivity index (χ2v) is 5.96. The average molecular weight is 346 g/mol. The van der Waals surface area contributed by atoms with E-state index in [9.17, 15) is 4.79 Å². The SMILES string of the molecule is Cc1nccn1CCNC(=O)c1cccc2oc(-c3ccccc3)nc12. The van der Waals surface area contributed by atoms with E-state index in [-0.39, 0.29) is 5.91 Å². The fourth-order valence-corrected chi connectivity index (χ4v) is 2.86. The molecule has 2 heterocycles. The van der Waals surface area contributed by atoms with E-state index in [1.165, 1.54) is 0 Å². The van der Waals surface area contributed by atoms with Crippen LogP contribution in [0.2, 0.25) is 0 Å². The van der Waals surface area contributed by atoms with Gasteiger partial charge >= 0.3 is 0 Å². The summed E-state index contributed by atoms with van der Waals surface area (Å²) in [4.78, 5) is 21.3. The second-order valence-electron chi connectivity index (χ2n) is 5.96. The van der Waals surface area contributed by atoms with Crippen LogP contribution in [-0.2, 0) is 6.54 Å². The summed E-state index contributed by atoms with van der Waals surface area (Å²) in [5.74, 6) is 1.27. The normalized spacial score (nSPS) is 11.0. The summed E-state index contributed by atoms with van der Waals surface area (Å²) >= 11 is 0. The van der Waals surface area contributed by atoms with Crippen molar-refractivity contribution in [1.29, 1.82) is 0 Å². The van der Waals surface area contributed by atoms with Gasteiger partial charge in [0.2, 0.25) is 5.89 Å². The Morgan fingerprint density at radius 3 is 2.77 bits per heavy atom. The van der Waals surface area contributed by atoms with E-state index in [1.54, 1.807) is 18.3 Å². The number of nitrogens with zero attached hydrogens (tertiary/aromatic N) is 3. The maximum absolute atomic E-state index is 12.6. The van der Waals surface area contributed by atoms with Crippen LogP contribution in [0.25, 0.3) is 22.6 Å². The van der Waals surface area contributed by atoms with Gasteiger partial charge in [-0.15, -0.1) is 0 Å². The fourth-order valence-electron chi connectivity index (χ4n) is 2.86. The van der Waals surface area contributed by atoms with E-state index >= 15 is 0 Å². The zero-order valence-electron chi connectivity index (χ0n) is 14.3. The molecule has 1 N–H and O–H groups in total. The standard InChI is InChI=1S/C20H18N4O2/c1-14-21-10-12-24(14)13-11-22-19(25)16-8-5-9-17-18(16)23-20(26-17)15-6-3-2-4-7-15/h2-10,12H,11,13H2,1H3,(H,22,25). The molecule has 4 aromatic rings. The Morgan fingerprint density at radius 2 is 2.00 bits per heavy atom. The van der Waals surface area contributed by atoms with Crippen molar-refractivity contribution in [3.8, 4) is 11.5 Å². The first-order valence-corrected chi connectivity index (χ1v) is 8.43. The number of fused-ring (bicyclic) bond motifs is 1. The molecular weight excluding hydrogens is 328 g/mol. The Balaban J connectivity index is 1.55. The lowest BCUT2D eigenvalue weighted by atomic mass is 10.2. The number of rotatable bonds is 5. The molecule has 2 aromatic heterocycles. The molecule has 4 rings (SSSR count). The number of benzene rings is 2. The Bertz CT molecular complexity index is 1050. The maximum Gasteiger partial charge on any atom is 0.253 e. The molecule has 0 bridgehead atoms. The van der Waals surface area contributed by atoms with Crippen molar-refractivity contribution in [3.05, 3.63) is 72.3 Å². The Kier molecular flexibility index (Phi) is 4.23. The Labute approximate surface area is 150 Å². The molecule has 0 aliphatic carbocycles. The van der Waals surface area contributed by atoms with E-state index < -0.39 is 0 Å². The first-order chi connectivity index (χ1) is 12.7. The number of oxazole rings is 1. The number of aryl methyl sites for hydroxylation is 1. The highest BCUT2D eigenvalue weighted by molar-refractivity contribution is 6.04. The molecule has 0 aliphatic heterocycles. The number of amides is 1. The van der Waals surface area contributed by atoms with Crippen LogP contribution in [0, 0.1) is 6.92 Å². The summed E-state index contributed by atoms with van der Waals surface area (Å²) in [7, 11) is 0. The van der Waals surface area contributed by atoms with Crippen molar-refractivity contribution in [2.24, 2.45) is 0 Å². The van der Waals surface area contributed by atoms with Gasteiger partial charge in [0.1, 0.15) is 11.3 Å². The first kappa shape index (κ1) is 16.1. The van der Waals surface area contributed by atoms with Crippen molar-refractivity contribution in [2.75, 3.05) is 6.54 Å². The lowest BCUT2D eigenvalue weighted by Crippen LogP contribution is -2.27. The fraction of sp³-hybridized carbons (Fsp3) is 0.150. The van der Waals surface area contributed by atoms with Crippen LogP contribution in [-0.4, -0.2) is 27.0 Å². The molecule has 6 heteroatoms.